The lowest BCUT2D eigenvalue weighted by atomic mass is 9.96. The van der Waals surface area contributed by atoms with Gasteiger partial charge >= 0.3 is 5.97 Å². The first-order chi connectivity index (χ1) is 16.3. The average molecular weight is 495 g/mol. The quantitative estimate of drug-likeness (QED) is 0.365. The van der Waals surface area contributed by atoms with Crippen molar-refractivity contribution in [2.24, 2.45) is 7.05 Å². The Morgan fingerprint density at radius 3 is 2.35 bits per heavy atom. The first kappa shape index (κ1) is 23.5. The van der Waals surface area contributed by atoms with E-state index in [1.54, 1.807) is 36.4 Å². The van der Waals surface area contributed by atoms with Crippen LogP contribution < -0.4 is 10.9 Å². The van der Waals surface area contributed by atoms with Gasteiger partial charge in [0.05, 0.1) is 10.7 Å². The average Bonchev–Trinajstić information content (AvgIpc) is 2.82. The predicted octanol–water partition coefficient (Wildman–Crippen LogP) is 5.62. The molecule has 1 heterocycles. The number of nitrogens with zero attached hydrogens (tertiary/aromatic N) is 1. The van der Waals surface area contributed by atoms with Gasteiger partial charge in [0, 0.05) is 23.0 Å². The number of benzene rings is 3. The summed E-state index contributed by atoms with van der Waals surface area (Å²) >= 11 is 12.0. The Morgan fingerprint density at radius 2 is 1.65 bits per heavy atom. The first-order valence-corrected chi connectivity index (χ1v) is 11.1. The number of nitrogens with one attached hydrogen (secondary N) is 1. The Bertz CT molecular complexity index is 1480. The highest BCUT2D eigenvalue weighted by atomic mass is 35.5. The second-order valence-corrected chi connectivity index (χ2v) is 8.59. The second-order valence-electron chi connectivity index (χ2n) is 7.75. The zero-order valence-corrected chi connectivity index (χ0v) is 19.9. The molecule has 0 radical (unpaired) electrons. The highest BCUT2D eigenvalue weighted by Crippen LogP contribution is 2.31. The molecule has 0 aliphatic carbocycles. The van der Waals surface area contributed by atoms with Crippen molar-refractivity contribution in [3.8, 4) is 11.1 Å². The number of carbonyl (C=O) groups excluding carboxylic acids is 2. The number of hydrogen-bond donors (Lipinski definition) is 1. The van der Waals surface area contributed by atoms with Gasteiger partial charge in [-0.1, -0.05) is 71.2 Å². The zero-order chi connectivity index (χ0) is 24.4. The molecule has 0 bridgehead atoms. The summed E-state index contributed by atoms with van der Waals surface area (Å²) in [6.07, 6.45) is 0. The lowest BCUT2D eigenvalue weighted by Gasteiger charge is -2.17. The minimum absolute atomic E-state index is 0.0566. The van der Waals surface area contributed by atoms with Gasteiger partial charge < -0.3 is 14.6 Å². The first-order valence-electron chi connectivity index (χ1n) is 10.4. The Morgan fingerprint density at radius 1 is 0.971 bits per heavy atom. The van der Waals surface area contributed by atoms with Gasteiger partial charge in [-0.15, -0.1) is 0 Å². The second kappa shape index (κ2) is 9.71. The maximum Gasteiger partial charge on any atom is 0.356 e. The molecule has 3 aromatic carbocycles. The lowest BCUT2D eigenvalue weighted by Crippen LogP contribution is -2.28. The molecule has 0 unspecified atom stereocenters. The fraction of sp³-hybridized carbons (Fsp3) is 0.115. The van der Waals surface area contributed by atoms with E-state index in [-0.39, 0.29) is 11.3 Å². The van der Waals surface area contributed by atoms with E-state index >= 15 is 0 Å². The Balaban J connectivity index is 1.70. The van der Waals surface area contributed by atoms with E-state index in [4.69, 9.17) is 27.9 Å². The summed E-state index contributed by atoms with van der Waals surface area (Å²) < 4.78 is 6.57. The molecule has 4 aromatic rings. The summed E-state index contributed by atoms with van der Waals surface area (Å²) in [5.74, 6) is -1.39. The number of halogens is 2. The maximum absolute atomic E-state index is 13.2. The van der Waals surface area contributed by atoms with E-state index in [0.717, 1.165) is 11.1 Å². The van der Waals surface area contributed by atoms with Gasteiger partial charge in [0.2, 0.25) is 0 Å². The molecule has 0 fully saturated rings. The molecular weight excluding hydrogens is 475 g/mol. The summed E-state index contributed by atoms with van der Waals surface area (Å²) in [5, 5.41) is 4.35. The fourth-order valence-electron chi connectivity index (χ4n) is 3.70. The van der Waals surface area contributed by atoms with Crippen LogP contribution in [0.3, 0.4) is 0 Å². The molecule has 0 spiro atoms. The van der Waals surface area contributed by atoms with E-state index in [2.05, 4.69) is 5.32 Å². The van der Waals surface area contributed by atoms with Gasteiger partial charge in [0.15, 0.2) is 6.61 Å². The summed E-state index contributed by atoms with van der Waals surface area (Å²) in [6.45, 7) is 1.39. The van der Waals surface area contributed by atoms with Crippen LogP contribution in [0.4, 0.5) is 5.69 Å². The van der Waals surface area contributed by atoms with Crippen molar-refractivity contribution in [2.45, 2.75) is 6.92 Å². The number of amides is 1. The van der Waals surface area contributed by atoms with Crippen molar-refractivity contribution < 1.29 is 14.3 Å². The summed E-state index contributed by atoms with van der Waals surface area (Å²) in [7, 11) is 1.51. The number of fused-ring (bicyclic) bond motifs is 1. The van der Waals surface area contributed by atoms with E-state index in [0.29, 0.717) is 32.1 Å². The highest BCUT2D eigenvalue weighted by Gasteiger charge is 2.23. The largest absolute Gasteiger partial charge is 0.451 e. The Labute approximate surface area is 205 Å². The summed E-state index contributed by atoms with van der Waals surface area (Å²) in [4.78, 5) is 38.6. The van der Waals surface area contributed by atoms with E-state index < -0.39 is 18.5 Å². The topological polar surface area (TPSA) is 77.4 Å². The van der Waals surface area contributed by atoms with Gasteiger partial charge in [-0.2, -0.15) is 0 Å². The van der Waals surface area contributed by atoms with Crippen LogP contribution in [0.2, 0.25) is 10.0 Å². The van der Waals surface area contributed by atoms with E-state index in [1.807, 2.05) is 31.2 Å². The maximum atomic E-state index is 13.2. The van der Waals surface area contributed by atoms with Crippen LogP contribution in [-0.4, -0.2) is 23.1 Å². The number of hydrogen-bond acceptors (Lipinski definition) is 4. The minimum Gasteiger partial charge on any atom is -0.451 e. The van der Waals surface area contributed by atoms with Crippen molar-refractivity contribution in [3.63, 3.8) is 0 Å². The van der Waals surface area contributed by atoms with Gasteiger partial charge in [-0.3, -0.25) is 9.59 Å². The predicted molar refractivity (Wildman–Crippen MR) is 135 cm³/mol. The normalized spacial score (nSPS) is 10.8. The van der Waals surface area contributed by atoms with Crippen molar-refractivity contribution in [3.05, 3.63) is 98.4 Å². The smallest absolute Gasteiger partial charge is 0.356 e. The van der Waals surface area contributed by atoms with Crippen molar-refractivity contribution in [2.75, 3.05) is 11.9 Å². The van der Waals surface area contributed by atoms with Crippen molar-refractivity contribution in [1.29, 1.82) is 0 Å². The number of aromatic nitrogens is 1. The van der Waals surface area contributed by atoms with Gasteiger partial charge in [-0.25, -0.2) is 4.79 Å². The van der Waals surface area contributed by atoms with Crippen LogP contribution in [0.15, 0.2) is 71.5 Å². The molecule has 0 aliphatic rings. The summed E-state index contributed by atoms with van der Waals surface area (Å²) in [6, 6.07) is 19.3. The summed E-state index contributed by atoms with van der Waals surface area (Å²) in [5.41, 5.74) is 2.38. The molecule has 0 saturated heterocycles. The number of anilines is 1. The number of ether oxygens (including phenoxy) is 1. The molecule has 4 rings (SSSR count). The molecule has 0 saturated carbocycles. The molecule has 0 aliphatic heterocycles. The fourth-order valence-corrected chi connectivity index (χ4v) is 4.03. The van der Waals surface area contributed by atoms with Gasteiger partial charge in [0.25, 0.3) is 11.5 Å². The highest BCUT2D eigenvalue weighted by molar-refractivity contribution is 6.35. The van der Waals surface area contributed by atoms with Crippen LogP contribution in [0, 0.1) is 6.92 Å². The number of esters is 1. The van der Waals surface area contributed by atoms with Crippen molar-refractivity contribution >= 4 is 51.5 Å². The molecule has 172 valence electrons. The molecule has 6 nitrogen and oxygen atoms in total. The van der Waals surface area contributed by atoms with Crippen LogP contribution >= 0.6 is 23.2 Å². The number of rotatable bonds is 5. The molecule has 1 aromatic heterocycles. The SMILES string of the molecule is Cc1ccc(-c2c(C(=O)OCC(=O)Nc3cc(Cl)ccc3Cl)n(C)c(=O)c3ccccc23)cc1. The molecule has 34 heavy (non-hydrogen) atoms. The van der Waals surface area contributed by atoms with Crippen molar-refractivity contribution in [1.82, 2.24) is 4.57 Å². The van der Waals surface area contributed by atoms with Gasteiger partial charge in [-0.05, 0) is 42.1 Å². The molecular formula is C26H20Cl2N2O4. The third-order valence-electron chi connectivity index (χ3n) is 5.37. The standard InChI is InChI=1S/C26H20Cl2N2O4/c1-15-7-9-16(10-8-15)23-18-5-3-4-6-19(18)25(32)30(2)24(23)26(33)34-14-22(31)29-21-13-17(27)11-12-20(21)28/h3-13H,14H2,1-2H3,(H,29,31). The van der Waals surface area contributed by atoms with Crippen LogP contribution in [0.5, 0.6) is 0 Å². The minimum atomic E-state index is -0.798. The third-order valence-corrected chi connectivity index (χ3v) is 5.94. The van der Waals surface area contributed by atoms with Crippen LogP contribution in [-0.2, 0) is 16.6 Å². The molecule has 0 atom stereocenters. The van der Waals surface area contributed by atoms with Crippen LogP contribution in [0.25, 0.3) is 21.9 Å². The zero-order valence-electron chi connectivity index (χ0n) is 18.4. The number of carbonyl (C=O) groups is 2. The Kier molecular flexibility index (Phi) is 6.72. The number of pyridine rings is 1. The molecule has 1 N–H and O–H groups in total. The third kappa shape index (κ3) is 4.69. The van der Waals surface area contributed by atoms with Crippen LogP contribution in [0.1, 0.15) is 16.1 Å². The van der Waals surface area contributed by atoms with E-state index in [9.17, 15) is 14.4 Å². The molecule has 8 heteroatoms. The van der Waals surface area contributed by atoms with E-state index in [1.165, 1.54) is 17.7 Å². The monoisotopic (exact) mass is 494 g/mol. The molecule has 1 amide bonds. The Hall–Kier alpha value is -3.61. The number of aryl methyl sites for hydroxylation is 1. The lowest BCUT2D eigenvalue weighted by molar-refractivity contribution is -0.119. The van der Waals surface area contributed by atoms with Gasteiger partial charge in [0.1, 0.15) is 5.69 Å².